The number of amides is 1. The number of hydrogen-bond donors (Lipinski definition) is 1. The second-order valence-electron chi connectivity index (χ2n) is 6.62. The third-order valence-corrected chi connectivity index (χ3v) is 4.94. The zero-order chi connectivity index (χ0) is 14.9. The van der Waals surface area contributed by atoms with E-state index in [4.69, 9.17) is 0 Å². The quantitative estimate of drug-likeness (QED) is 0.906. The van der Waals surface area contributed by atoms with Gasteiger partial charge in [0.2, 0.25) is 5.91 Å². The van der Waals surface area contributed by atoms with Crippen LogP contribution in [-0.2, 0) is 4.79 Å². The lowest BCUT2D eigenvalue weighted by Gasteiger charge is -2.32. The van der Waals surface area contributed by atoms with Crippen LogP contribution in [0, 0.1) is 0 Å². The van der Waals surface area contributed by atoms with Crippen molar-refractivity contribution in [2.75, 3.05) is 39.8 Å². The molecule has 3 rings (SSSR count). The first-order valence-corrected chi connectivity index (χ1v) is 7.85. The standard InChI is InChI=1S/C17H25N3O/c1-17(12-15(17)14-6-4-3-5-7-14)18-13-16(21)20-10-8-19(2)9-11-20/h3-7,15,18H,8-13H2,1-2H3/t15?,17-/m1/s1. The monoisotopic (exact) mass is 287 g/mol. The summed E-state index contributed by atoms with van der Waals surface area (Å²) in [5.74, 6) is 0.780. The Labute approximate surface area is 127 Å². The summed E-state index contributed by atoms with van der Waals surface area (Å²) in [4.78, 5) is 16.5. The maximum Gasteiger partial charge on any atom is 0.236 e. The highest BCUT2D eigenvalue weighted by Gasteiger charge is 2.50. The van der Waals surface area contributed by atoms with Gasteiger partial charge in [0, 0.05) is 37.6 Å². The molecule has 2 aliphatic rings. The smallest absolute Gasteiger partial charge is 0.236 e. The Kier molecular flexibility index (Phi) is 4.00. The van der Waals surface area contributed by atoms with Crippen molar-refractivity contribution >= 4 is 5.91 Å². The van der Waals surface area contributed by atoms with Crippen LogP contribution in [-0.4, -0.2) is 61.0 Å². The van der Waals surface area contributed by atoms with Gasteiger partial charge in [-0.1, -0.05) is 30.3 Å². The third-order valence-electron chi connectivity index (χ3n) is 4.94. The van der Waals surface area contributed by atoms with E-state index < -0.39 is 0 Å². The number of piperazine rings is 1. The van der Waals surface area contributed by atoms with Gasteiger partial charge in [-0.2, -0.15) is 0 Å². The lowest BCUT2D eigenvalue weighted by Crippen LogP contribution is -2.50. The normalized spacial score (nSPS) is 29.4. The molecule has 0 aromatic heterocycles. The van der Waals surface area contributed by atoms with E-state index in [1.165, 1.54) is 5.56 Å². The van der Waals surface area contributed by atoms with Gasteiger partial charge in [-0.05, 0) is 26.0 Å². The van der Waals surface area contributed by atoms with E-state index in [1.54, 1.807) is 0 Å². The van der Waals surface area contributed by atoms with Crippen molar-refractivity contribution in [3.05, 3.63) is 35.9 Å². The molecule has 1 aliphatic carbocycles. The summed E-state index contributed by atoms with van der Waals surface area (Å²) >= 11 is 0. The van der Waals surface area contributed by atoms with Crippen molar-refractivity contribution < 1.29 is 4.79 Å². The molecule has 1 heterocycles. The predicted molar refractivity (Wildman–Crippen MR) is 84.3 cm³/mol. The molecule has 0 spiro atoms. The largest absolute Gasteiger partial charge is 0.339 e. The van der Waals surface area contributed by atoms with Crippen LogP contribution in [0.3, 0.4) is 0 Å². The van der Waals surface area contributed by atoms with Crippen molar-refractivity contribution in [2.24, 2.45) is 0 Å². The number of benzene rings is 1. The Morgan fingerprint density at radius 1 is 1.24 bits per heavy atom. The Balaban J connectivity index is 1.49. The molecule has 2 atom stereocenters. The number of carbonyl (C=O) groups is 1. The first-order valence-electron chi connectivity index (χ1n) is 7.85. The lowest BCUT2D eigenvalue weighted by molar-refractivity contribution is -0.131. The number of nitrogens with zero attached hydrogens (tertiary/aromatic N) is 2. The minimum Gasteiger partial charge on any atom is -0.339 e. The molecular weight excluding hydrogens is 262 g/mol. The Bertz CT molecular complexity index is 496. The fourth-order valence-corrected chi connectivity index (χ4v) is 3.18. The highest BCUT2D eigenvalue weighted by Crippen LogP contribution is 2.50. The summed E-state index contributed by atoms with van der Waals surface area (Å²) < 4.78 is 0. The van der Waals surface area contributed by atoms with Crippen molar-refractivity contribution in [3.8, 4) is 0 Å². The van der Waals surface area contributed by atoms with E-state index in [0.29, 0.717) is 12.5 Å². The molecule has 1 saturated heterocycles. The van der Waals surface area contributed by atoms with E-state index in [-0.39, 0.29) is 11.4 Å². The zero-order valence-electron chi connectivity index (χ0n) is 13.0. The summed E-state index contributed by atoms with van der Waals surface area (Å²) in [6, 6.07) is 10.6. The fourth-order valence-electron chi connectivity index (χ4n) is 3.18. The highest BCUT2D eigenvalue weighted by molar-refractivity contribution is 5.78. The van der Waals surface area contributed by atoms with Gasteiger partial charge >= 0.3 is 0 Å². The molecule has 1 unspecified atom stereocenters. The molecular formula is C17H25N3O. The second-order valence-corrected chi connectivity index (χ2v) is 6.62. The van der Waals surface area contributed by atoms with Gasteiger partial charge in [0.1, 0.15) is 0 Å². The van der Waals surface area contributed by atoms with Gasteiger partial charge < -0.3 is 15.1 Å². The zero-order valence-corrected chi connectivity index (χ0v) is 13.0. The number of nitrogens with one attached hydrogen (secondary N) is 1. The lowest BCUT2D eigenvalue weighted by atomic mass is 10.1. The van der Waals surface area contributed by atoms with Crippen LogP contribution in [0.2, 0.25) is 0 Å². The van der Waals surface area contributed by atoms with Crippen molar-refractivity contribution in [3.63, 3.8) is 0 Å². The van der Waals surface area contributed by atoms with Gasteiger partial charge in [-0.25, -0.2) is 0 Å². The van der Waals surface area contributed by atoms with Crippen LogP contribution in [0.25, 0.3) is 0 Å². The van der Waals surface area contributed by atoms with Gasteiger partial charge in [0.25, 0.3) is 0 Å². The molecule has 1 aromatic carbocycles. The van der Waals surface area contributed by atoms with E-state index in [1.807, 2.05) is 11.0 Å². The third kappa shape index (κ3) is 3.27. The first-order chi connectivity index (χ1) is 10.1. The summed E-state index contributed by atoms with van der Waals surface area (Å²) in [7, 11) is 2.11. The van der Waals surface area contributed by atoms with E-state index in [0.717, 1.165) is 32.6 Å². The molecule has 0 bridgehead atoms. The number of carbonyl (C=O) groups excluding carboxylic acids is 1. The number of rotatable bonds is 4. The van der Waals surface area contributed by atoms with E-state index in [9.17, 15) is 4.79 Å². The second kappa shape index (κ2) is 5.78. The molecule has 114 valence electrons. The van der Waals surface area contributed by atoms with E-state index >= 15 is 0 Å². The molecule has 4 heteroatoms. The Morgan fingerprint density at radius 3 is 2.57 bits per heavy atom. The first kappa shape index (κ1) is 14.5. The van der Waals surface area contributed by atoms with Crippen LogP contribution < -0.4 is 5.32 Å². The molecule has 1 aromatic rings. The van der Waals surface area contributed by atoms with Gasteiger partial charge in [-0.3, -0.25) is 4.79 Å². The SMILES string of the molecule is CN1CCN(C(=O)CN[C@]2(C)CC2c2ccccc2)CC1. The van der Waals surface area contributed by atoms with Gasteiger partial charge in [0.05, 0.1) is 6.54 Å². The molecule has 21 heavy (non-hydrogen) atoms. The minimum atomic E-state index is 0.0869. The Hall–Kier alpha value is -1.39. The summed E-state index contributed by atoms with van der Waals surface area (Å²) in [6.07, 6.45) is 1.12. The van der Waals surface area contributed by atoms with Crippen molar-refractivity contribution in [1.82, 2.24) is 15.1 Å². The van der Waals surface area contributed by atoms with Crippen LogP contribution in [0.5, 0.6) is 0 Å². The van der Waals surface area contributed by atoms with E-state index in [2.05, 4.69) is 48.5 Å². The molecule has 1 aliphatic heterocycles. The molecule has 0 radical (unpaired) electrons. The van der Waals surface area contributed by atoms with Crippen molar-refractivity contribution in [1.29, 1.82) is 0 Å². The number of likely N-dealkylation sites (N-methyl/N-ethyl adjacent to an activating group) is 1. The minimum absolute atomic E-state index is 0.0869. The van der Waals surface area contributed by atoms with Gasteiger partial charge in [0.15, 0.2) is 0 Å². The average Bonchev–Trinajstić information content (AvgIpc) is 3.19. The maximum absolute atomic E-state index is 12.3. The van der Waals surface area contributed by atoms with Crippen LogP contribution in [0.4, 0.5) is 0 Å². The topological polar surface area (TPSA) is 35.6 Å². The van der Waals surface area contributed by atoms with Crippen LogP contribution in [0.1, 0.15) is 24.8 Å². The maximum atomic E-state index is 12.3. The fraction of sp³-hybridized carbons (Fsp3) is 0.588. The molecule has 1 amide bonds. The molecule has 2 fully saturated rings. The van der Waals surface area contributed by atoms with Crippen LogP contribution >= 0.6 is 0 Å². The summed E-state index contributed by atoms with van der Waals surface area (Å²) in [5.41, 5.74) is 1.46. The molecule has 1 N–H and O–H groups in total. The molecule has 1 saturated carbocycles. The molecule has 4 nitrogen and oxygen atoms in total. The van der Waals surface area contributed by atoms with Gasteiger partial charge in [-0.15, -0.1) is 0 Å². The average molecular weight is 287 g/mol. The summed E-state index contributed by atoms with van der Waals surface area (Å²) in [6.45, 7) is 6.36. The van der Waals surface area contributed by atoms with Crippen LogP contribution in [0.15, 0.2) is 30.3 Å². The summed E-state index contributed by atoms with van der Waals surface area (Å²) in [5, 5.41) is 3.49. The predicted octanol–water partition coefficient (Wildman–Crippen LogP) is 1.30. The highest BCUT2D eigenvalue weighted by atomic mass is 16.2. The number of hydrogen-bond acceptors (Lipinski definition) is 3. The van der Waals surface area contributed by atoms with Crippen molar-refractivity contribution in [2.45, 2.75) is 24.8 Å². The Morgan fingerprint density at radius 2 is 1.90 bits per heavy atom.